The molecule has 0 unspecified atom stereocenters. The predicted octanol–water partition coefficient (Wildman–Crippen LogP) is 3.05. The van der Waals surface area contributed by atoms with Crippen molar-refractivity contribution in [1.29, 1.82) is 0 Å². The molecule has 0 fully saturated rings. The Morgan fingerprint density at radius 1 is 1.08 bits per heavy atom. The van der Waals surface area contributed by atoms with E-state index in [4.69, 9.17) is 0 Å². The first-order valence-corrected chi connectivity index (χ1v) is 4.69. The summed E-state index contributed by atoms with van der Waals surface area (Å²) < 4.78 is 0. The first-order chi connectivity index (χ1) is 5.91. The van der Waals surface area contributed by atoms with Crippen molar-refractivity contribution in [3.05, 3.63) is 29.8 Å². The number of nitrogens with zero attached hydrogens (tertiary/aromatic N) is 1. The molecule has 0 saturated carbocycles. The van der Waals surface area contributed by atoms with Gasteiger partial charge in [-0.25, -0.2) is 0 Å². The van der Waals surface area contributed by atoms with Gasteiger partial charge in [0, 0.05) is 19.8 Å². The van der Waals surface area contributed by atoms with Crippen LogP contribution in [0.3, 0.4) is 0 Å². The van der Waals surface area contributed by atoms with Gasteiger partial charge in [0.25, 0.3) is 0 Å². The lowest BCUT2D eigenvalue weighted by Crippen LogP contribution is -2.13. The average Bonchev–Trinajstić information content (AvgIpc) is 2.03. The molecule has 0 radical (unpaired) electrons. The van der Waals surface area contributed by atoms with E-state index in [9.17, 15) is 0 Å². The molecule has 0 atom stereocenters. The molecule has 0 heterocycles. The first-order valence-electron chi connectivity index (χ1n) is 4.69. The minimum Gasteiger partial charge on any atom is -0.378 e. The molecular weight excluding hydrogens is 158 g/mol. The van der Waals surface area contributed by atoms with Crippen molar-refractivity contribution in [1.82, 2.24) is 0 Å². The molecule has 13 heavy (non-hydrogen) atoms. The molecule has 0 aliphatic heterocycles. The van der Waals surface area contributed by atoms with E-state index < -0.39 is 0 Å². The molecule has 1 heteroatoms. The van der Waals surface area contributed by atoms with Crippen molar-refractivity contribution in [2.75, 3.05) is 19.0 Å². The summed E-state index contributed by atoms with van der Waals surface area (Å²) in [5.74, 6) is 0. The highest BCUT2D eigenvalue weighted by Gasteiger charge is 2.13. The van der Waals surface area contributed by atoms with Crippen LogP contribution in [0.5, 0.6) is 0 Å². The topological polar surface area (TPSA) is 3.24 Å². The van der Waals surface area contributed by atoms with E-state index in [1.54, 1.807) is 0 Å². The summed E-state index contributed by atoms with van der Waals surface area (Å²) >= 11 is 0. The summed E-state index contributed by atoms with van der Waals surface area (Å²) in [6, 6.07) is 8.69. The highest BCUT2D eigenvalue weighted by Crippen LogP contribution is 2.25. The summed E-state index contributed by atoms with van der Waals surface area (Å²) in [6.45, 7) is 6.71. The van der Waals surface area contributed by atoms with Crippen molar-refractivity contribution in [3.8, 4) is 0 Å². The number of hydrogen-bond acceptors (Lipinski definition) is 1. The zero-order valence-corrected chi connectivity index (χ0v) is 9.26. The molecule has 0 saturated heterocycles. The third-order valence-corrected chi connectivity index (χ3v) is 2.23. The highest BCUT2D eigenvalue weighted by molar-refractivity contribution is 5.48. The van der Waals surface area contributed by atoms with Crippen LogP contribution >= 0.6 is 0 Å². The molecule has 0 aliphatic rings. The lowest BCUT2D eigenvalue weighted by atomic mass is 9.87. The normalized spacial score (nSPS) is 11.5. The van der Waals surface area contributed by atoms with Crippen LogP contribution in [-0.4, -0.2) is 14.1 Å². The van der Waals surface area contributed by atoms with E-state index in [1.165, 1.54) is 11.3 Å². The molecule has 1 aromatic rings. The summed E-state index contributed by atoms with van der Waals surface area (Å²) in [7, 11) is 4.14. The zero-order valence-electron chi connectivity index (χ0n) is 9.26. The van der Waals surface area contributed by atoms with Crippen molar-refractivity contribution in [2.24, 2.45) is 0 Å². The van der Waals surface area contributed by atoms with Gasteiger partial charge in [-0.05, 0) is 23.1 Å². The smallest absolute Gasteiger partial charge is 0.0363 e. The molecule has 1 rings (SSSR count). The molecule has 72 valence electrons. The second-order valence-corrected chi connectivity index (χ2v) is 4.69. The maximum absolute atomic E-state index is 2.25. The molecule has 1 aromatic carbocycles. The molecule has 0 amide bonds. The van der Waals surface area contributed by atoms with E-state index in [0.717, 1.165) is 0 Å². The third-order valence-electron chi connectivity index (χ3n) is 2.23. The van der Waals surface area contributed by atoms with Crippen LogP contribution in [-0.2, 0) is 5.41 Å². The van der Waals surface area contributed by atoms with Gasteiger partial charge in [0.1, 0.15) is 0 Å². The molecule has 1 nitrogen and oxygen atoms in total. The van der Waals surface area contributed by atoms with E-state index in [1.807, 2.05) is 0 Å². The predicted molar refractivity (Wildman–Crippen MR) is 59.5 cm³/mol. The van der Waals surface area contributed by atoms with Crippen molar-refractivity contribution >= 4 is 5.69 Å². The van der Waals surface area contributed by atoms with E-state index in [-0.39, 0.29) is 5.41 Å². The Morgan fingerprint density at radius 3 is 2.15 bits per heavy atom. The second-order valence-electron chi connectivity index (χ2n) is 4.69. The van der Waals surface area contributed by atoms with Crippen molar-refractivity contribution < 1.29 is 0 Å². The molecule has 0 N–H and O–H groups in total. The van der Waals surface area contributed by atoms with Crippen LogP contribution in [0.25, 0.3) is 0 Å². The van der Waals surface area contributed by atoms with Crippen LogP contribution in [0.4, 0.5) is 5.69 Å². The minimum atomic E-state index is 0.242. The largest absolute Gasteiger partial charge is 0.378 e. The Hall–Kier alpha value is -0.980. The fourth-order valence-electron chi connectivity index (χ4n) is 1.25. The van der Waals surface area contributed by atoms with Gasteiger partial charge < -0.3 is 4.90 Å². The SMILES string of the molecule is CN(C)c1cccc(C(C)(C)C)c1. The fraction of sp³-hybridized carbons (Fsp3) is 0.500. The Morgan fingerprint density at radius 2 is 1.69 bits per heavy atom. The molecule has 0 aliphatic carbocycles. The van der Waals surface area contributed by atoms with Gasteiger partial charge in [-0.1, -0.05) is 32.9 Å². The van der Waals surface area contributed by atoms with Gasteiger partial charge in [0.05, 0.1) is 0 Å². The first kappa shape index (κ1) is 10.1. The molecule has 0 spiro atoms. The minimum absolute atomic E-state index is 0.242. The Balaban J connectivity index is 3.06. The Labute approximate surface area is 81.4 Å². The maximum Gasteiger partial charge on any atom is 0.0363 e. The van der Waals surface area contributed by atoms with E-state index >= 15 is 0 Å². The van der Waals surface area contributed by atoms with Crippen LogP contribution in [0, 0.1) is 0 Å². The van der Waals surface area contributed by atoms with E-state index in [2.05, 4.69) is 64.0 Å². The number of anilines is 1. The van der Waals surface area contributed by atoms with Gasteiger partial charge in [-0.3, -0.25) is 0 Å². The van der Waals surface area contributed by atoms with Crippen molar-refractivity contribution in [2.45, 2.75) is 26.2 Å². The second kappa shape index (κ2) is 3.41. The number of benzene rings is 1. The van der Waals surface area contributed by atoms with Crippen LogP contribution in [0.15, 0.2) is 24.3 Å². The summed E-state index contributed by atoms with van der Waals surface area (Å²) in [6.07, 6.45) is 0. The Bertz CT molecular complexity index is 281. The summed E-state index contributed by atoms with van der Waals surface area (Å²) in [4.78, 5) is 2.13. The van der Waals surface area contributed by atoms with Crippen LogP contribution < -0.4 is 4.90 Å². The van der Waals surface area contributed by atoms with Gasteiger partial charge in [-0.2, -0.15) is 0 Å². The Kier molecular flexibility index (Phi) is 2.65. The summed E-state index contributed by atoms with van der Waals surface area (Å²) in [5.41, 5.74) is 2.90. The average molecular weight is 177 g/mol. The molecule has 0 bridgehead atoms. The monoisotopic (exact) mass is 177 g/mol. The lowest BCUT2D eigenvalue weighted by Gasteiger charge is -2.21. The van der Waals surface area contributed by atoms with Gasteiger partial charge in [-0.15, -0.1) is 0 Å². The van der Waals surface area contributed by atoms with Gasteiger partial charge >= 0.3 is 0 Å². The van der Waals surface area contributed by atoms with Gasteiger partial charge in [0.2, 0.25) is 0 Å². The third kappa shape index (κ3) is 2.48. The lowest BCUT2D eigenvalue weighted by molar-refractivity contribution is 0.590. The number of hydrogen-bond donors (Lipinski definition) is 0. The van der Waals surface area contributed by atoms with E-state index in [0.29, 0.717) is 0 Å². The fourth-order valence-corrected chi connectivity index (χ4v) is 1.25. The van der Waals surface area contributed by atoms with Crippen LogP contribution in [0.2, 0.25) is 0 Å². The van der Waals surface area contributed by atoms with Gasteiger partial charge in [0.15, 0.2) is 0 Å². The summed E-state index contributed by atoms with van der Waals surface area (Å²) in [5, 5.41) is 0. The quantitative estimate of drug-likeness (QED) is 0.637. The number of rotatable bonds is 1. The highest BCUT2D eigenvalue weighted by atomic mass is 15.1. The zero-order chi connectivity index (χ0) is 10.1. The maximum atomic E-state index is 2.25. The van der Waals surface area contributed by atoms with Crippen molar-refractivity contribution in [3.63, 3.8) is 0 Å². The molecule has 0 aromatic heterocycles. The standard InChI is InChI=1S/C12H19N/c1-12(2,3)10-7-6-8-11(9-10)13(4)5/h6-9H,1-5H3. The molecular formula is C12H19N. The van der Waals surface area contributed by atoms with Crippen LogP contribution in [0.1, 0.15) is 26.3 Å².